The summed E-state index contributed by atoms with van der Waals surface area (Å²) < 4.78 is 49.6. The number of nitrogens with one attached hydrogen (secondary N) is 2. The maximum Gasteiger partial charge on any atom is 0.452 e. The average Bonchev–Trinajstić information content (AvgIpc) is 3.59. The first-order valence-electron chi connectivity index (χ1n) is 12.9. The van der Waals surface area contributed by atoms with Gasteiger partial charge in [0.1, 0.15) is 17.8 Å². The summed E-state index contributed by atoms with van der Waals surface area (Å²) in [6, 6.07) is 4.40. The second-order valence-electron chi connectivity index (χ2n) is 10.3. The first-order valence-corrected chi connectivity index (χ1v) is 12.9. The lowest BCUT2D eigenvalue weighted by Crippen LogP contribution is -2.58. The van der Waals surface area contributed by atoms with Crippen molar-refractivity contribution in [2.24, 2.45) is 11.8 Å². The molecule has 0 radical (unpaired) electrons. The highest BCUT2D eigenvalue weighted by atomic mass is 19.4. The summed E-state index contributed by atoms with van der Waals surface area (Å²) >= 11 is 0. The van der Waals surface area contributed by atoms with Gasteiger partial charge in [0.25, 0.3) is 11.7 Å². The first kappa shape index (κ1) is 30.6. The summed E-state index contributed by atoms with van der Waals surface area (Å²) in [7, 11) is 1.53. The third-order valence-corrected chi connectivity index (χ3v) is 6.70. The zero-order valence-corrected chi connectivity index (χ0v) is 22.9. The third-order valence-electron chi connectivity index (χ3n) is 6.70. The number of likely N-dealkylation sites (tertiary alicyclic amines) is 1. The first-order chi connectivity index (χ1) is 18.7. The number of methoxy groups -OCH3 is 1. The molecule has 2 N–H and O–H groups in total. The number of Topliss-reactive ketones (excluding diaryl/α,β-unsaturated/α-hetero) is 1. The Morgan fingerprint density at radius 1 is 1.02 bits per heavy atom. The van der Waals surface area contributed by atoms with Crippen LogP contribution in [0.3, 0.4) is 0 Å². The molecular formula is C27H33F3N4O6. The highest BCUT2D eigenvalue weighted by molar-refractivity contribution is 5.99. The summed E-state index contributed by atoms with van der Waals surface area (Å²) in [4.78, 5) is 52.6. The van der Waals surface area contributed by atoms with Gasteiger partial charge >= 0.3 is 6.18 Å². The molecule has 3 atom stereocenters. The van der Waals surface area contributed by atoms with Crippen LogP contribution in [0.1, 0.15) is 51.0 Å². The predicted molar refractivity (Wildman–Crippen MR) is 137 cm³/mol. The number of hydrogen-bond acceptors (Lipinski definition) is 7. The molecule has 2 aromatic rings. The number of ketones is 1. The molecule has 0 bridgehead atoms. The number of benzene rings is 1. The highest BCUT2D eigenvalue weighted by Gasteiger charge is 2.46. The van der Waals surface area contributed by atoms with Gasteiger partial charge in [-0.1, -0.05) is 32.9 Å². The largest absolute Gasteiger partial charge is 0.497 e. The molecule has 1 aliphatic heterocycles. The van der Waals surface area contributed by atoms with E-state index in [1.807, 2.05) is 0 Å². The van der Waals surface area contributed by atoms with Gasteiger partial charge in [-0.3, -0.25) is 19.2 Å². The smallest absolute Gasteiger partial charge is 0.452 e. The van der Waals surface area contributed by atoms with Gasteiger partial charge in [-0.25, -0.2) is 0 Å². The zero-order chi connectivity index (χ0) is 29.8. The Balaban J connectivity index is 1.72. The number of nitrogens with zero attached hydrogens (tertiary/aromatic N) is 2. The number of carbonyl (C=O) groups is 4. The van der Waals surface area contributed by atoms with E-state index in [2.05, 4.69) is 15.8 Å². The molecule has 1 fully saturated rings. The monoisotopic (exact) mass is 566 g/mol. The van der Waals surface area contributed by atoms with Crippen molar-refractivity contribution in [1.82, 2.24) is 20.7 Å². The molecule has 10 nitrogen and oxygen atoms in total. The van der Waals surface area contributed by atoms with Crippen molar-refractivity contribution in [3.63, 3.8) is 0 Å². The summed E-state index contributed by atoms with van der Waals surface area (Å²) in [6.07, 6.45) is -4.48. The molecule has 218 valence electrons. The van der Waals surface area contributed by atoms with Crippen molar-refractivity contribution in [2.75, 3.05) is 13.7 Å². The van der Waals surface area contributed by atoms with E-state index in [1.165, 1.54) is 31.9 Å². The summed E-state index contributed by atoms with van der Waals surface area (Å²) in [5.74, 6) is -4.41. The van der Waals surface area contributed by atoms with Crippen molar-refractivity contribution >= 4 is 23.5 Å². The fourth-order valence-electron chi connectivity index (χ4n) is 4.44. The van der Waals surface area contributed by atoms with Crippen molar-refractivity contribution in [1.29, 1.82) is 0 Å². The summed E-state index contributed by atoms with van der Waals surface area (Å²) in [5.41, 5.74) is 0.587. The highest BCUT2D eigenvalue weighted by Crippen LogP contribution is 2.25. The van der Waals surface area contributed by atoms with Crippen LogP contribution >= 0.6 is 0 Å². The maximum atomic E-state index is 13.5. The van der Waals surface area contributed by atoms with Crippen molar-refractivity contribution in [3.05, 3.63) is 36.0 Å². The molecule has 0 spiro atoms. The van der Waals surface area contributed by atoms with Crippen LogP contribution in [0.5, 0.6) is 5.75 Å². The average molecular weight is 567 g/mol. The Hall–Kier alpha value is -3.90. The number of hydrogen-bond donors (Lipinski definition) is 2. The number of carbonyl (C=O) groups excluding carboxylic acids is 4. The molecule has 3 rings (SSSR count). The van der Waals surface area contributed by atoms with E-state index in [4.69, 9.17) is 9.26 Å². The molecular weight excluding hydrogens is 533 g/mol. The lowest BCUT2D eigenvalue weighted by molar-refractivity contribution is -0.175. The van der Waals surface area contributed by atoms with Crippen molar-refractivity contribution in [3.8, 4) is 17.1 Å². The predicted octanol–water partition coefficient (Wildman–Crippen LogP) is 3.37. The van der Waals surface area contributed by atoms with E-state index in [-0.39, 0.29) is 18.7 Å². The van der Waals surface area contributed by atoms with Gasteiger partial charge in [0.2, 0.25) is 11.8 Å². The molecule has 0 unspecified atom stereocenters. The Morgan fingerprint density at radius 2 is 1.65 bits per heavy atom. The minimum Gasteiger partial charge on any atom is -0.497 e. The van der Waals surface area contributed by atoms with E-state index in [1.54, 1.807) is 38.1 Å². The molecule has 1 aromatic heterocycles. The van der Waals surface area contributed by atoms with Crippen molar-refractivity contribution in [2.45, 2.75) is 64.8 Å². The van der Waals surface area contributed by atoms with Crippen LogP contribution in [0.25, 0.3) is 11.3 Å². The number of rotatable bonds is 10. The van der Waals surface area contributed by atoms with Crippen LogP contribution in [0.4, 0.5) is 13.2 Å². The quantitative estimate of drug-likeness (QED) is 0.451. The van der Waals surface area contributed by atoms with Crippen LogP contribution in [-0.4, -0.2) is 71.5 Å². The minimum atomic E-state index is -5.12. The van der Waals surface area contributed by atoms with Gasteiger partial charge in [-0.05, 0) is 48.9 Å². The lowest BCUT2D eigenvalue weighted by Gasteiger charge is -2.31. The molecule has 1 aromatic carbocycles. The SMILES string of the molecule is COc1ccc(-c2cc(C(=O)N[C@H](C(=O)N3CCC[C@H]3C(=O)N[C@H](C(=O)C(F)(F)F)C(C)C)C(C)C)no2)cc1. The van der Waals surface area contributed by atoms with Gasteiger partial charge in [0.15, 0.2) is 11.5 Å². The second kappa shape index (κ2) is 12.5. The molecule has 1 saturated heterocycles. The van der Waals surface area contributed by atoms with E-state index in [0.717, 1.165) is 0 Å². The fourth-order valence-corrected chi connectivity index (χ4v) is 4.44. The Bertz CT molecular complexity index is 1230. The maximum absolute atomic E-state index is 13.5. The molecule has 2 heterocycles. The Kier molecular flexibility index (Phi) is 9.59. The number of aromatic nitrogens is 1. The van der Waals surface area contributed by atoms with Gasteiger partial charge in [0.05, 0.1) is 13.2 Å². The van der Waals surface area contributed by atoms with E-state index < -0.39 is 59.6 Å². The summed E-state index contributed by atoms with van der Waals surface area (Å²) in [5, 5.41) is 8.63. The van der Waals surface area contributed by atoms with Gasteiger partial charge in [-0.2, -0.15) is 13.2 Å². The number of alkyl halides is 3. The molecule has 13 heteroatoms. The standard InChI is InChI=1S/C27H33F3N4O6/c1-14(2)21(23(35)27(28,29)30)31-25(37)19-7-6-12-34(19)26(38)22(15(3)4)32-24(36)18-13-20(40-33-18)16-8-10-17(39-5)11-9-16/h8-11,13-15,19,21-22H,6-7,12H2,1-5H3,(H,31,37)(H,32,36)/t19-,21-,22-/m0/s1. The Morgan fingerprint density at radius 3 is 2.20 bits per heavy atom. The van der Waals surface area contributed by atoms with Crippen LogP contribution in [0, 0.1) is 11.8 Å². The van der Waals surface area contributed by atoms with Gasteiger partial charge in [-0.15, -0.1) is 0 Å². The van der Waals surface area contributed by atoms with Gasteiger partial charge < -0.3 is 24.8 Å². The molecule has 0 saturated carbocycles. The number of halogens is 3. The second-order valence-corrected chi connectivity index (χ2v) is 10.3. The van der Waals surface area contributed by atoms with Crippen LogP contribution in [-0.2, 0) is 14.4 Å². The number of ether oxygens (including phenoxy) is 1. The van der Waals surface area contributed by atoms with Crippen LogP contribution < -0.4 is 15.4 Å². The van der Waals surface area contributed by atoms with Crippen LogP contribution in [0.2, 0.25) is 0 Å². The zero-order valence-electron chi connectivity index (χ0n) is 22.9. The third kappa shape index (κ3) is 6.99. The molecule has 0 aliphatic carbocycles. The van der Waals surface area contributed by atoms with Crippen LogP contribution in [0.15, 0.2) is 34.9 Å². The van der Waals surface area contributed by atoms with Gasteiger partial charge in [0, 0.05) is 18.2 Å². The summed E-state index contributed by atoms with van der Waals surface area (Å²) in [6.45, 7) is 6.36. The van der Waals surface area contributed by atoms with Crippen molar-refractivity contribution < 1.29 is 41.6 Å². The lowest BCUT2D eigenvalue weighted by atomic mass is 9.98. The fraction of sp³-hybridized carbons (Fsp3) is 0.519. The number of amides is 3. The molecule has 40 heavy (non-hydrogen) atoms. The molecule has 1 aliphatic rings. The van der Waals surface area contributed by atoms with E-state index in [9.17, 15) is 32.3 Å². The van der Waals surface area contributed by atoms with E-state index >= 15 is 0 Å². The van der Waals surface area contributed by atoms with E-state index in [0.29, 0.717) is 23.5 Å². The molecule has 3 amide bonds. The normalized spacial score (nSPS) is 17.1. The Labute approximate surface area is 229 Å². The minimum absolute atomic E-state index is 0.0644. The topological polar surface area (TPSA) is 131 Å².